The van der Waals surface area contributed by atoms with E-state index >= 15 is 0 Å². The maximum absolute atomic E-state index is 5.96. The van der Waals surface area contributed by atoms with E-state index in [0.717, 1.165) is 17.1 Å². The first-order valence-electron chi connectivity index (χ1n) is 4.25. The van der Waals surface area contributed by atoms with Gasteiger partial charge < -0.3 is 5.32 Å². The maximum Gasteiger partial charge on any atom is 0.0637 e. The fourth-order valence-electron chi connectivity index (χ4n) is 0.946. The van der Waals surface area contributed by atoms with Crippen molar-refractivity contribution in [3.8, 4) is 0 Å². The number of hydrogen-bond acceptors (Lipinski definition) is 1. The fourth-order valence-corrected chi connectivity index (χ4v) is 1.14. The van der Waals surface area contributed by atoms with E-state index in [1.54, 1.807) is 0 Å². The minimum Gasteiger partial charge on any atom is -0.381 e. The summed E-state index contributed by atoms with van der Waals surface area (Å²) < 4.78 is 0. The Morgan fingerprint density at radius 3 is 2.67 bits per heavy atom. The van der Waals surface area contributed by atoms with Crippen LogP contribution >= 0.6 is 11.6 Å². The van der Waals surface area contributed by atoms with E-state index in [2.05, 4.69) is 19.2 Å². The zero-order valence-electron chi connectivity index (χ0n) is 7.47. The molecular weight excluding hydrogens is 170 g/mol. The van der Waals surface area contributed by atoms with Gasteiger partial charge in [-0.05, 0) is 25.5 Å². The number of benzene rings is 1. The molecule has 1 nitrogen and oxygen atoms in total. The molecule has 0 amide bonds. The third kappa shape index (κ3) is 2.42. The van der Waals surface area contributed by atoms with Gasteiger partial charge >= 0.3 is 0 Å². The molecule has 0 heterocycles. The minimum absolute atomic E-state index is 0.477. The van der Waals surface area contributed by atoms with Crippen LogP contribution in [0.4, 0.5) is 5.69 Å². The highest BCUT2D eigenvalue weighted by Crippen LogP contribution is 2.21. The lowest BCUT2D eigenvalue weighted by molar-refractivity contribution is 0.764. The van der Waals surface area contributed by atoms with E-state index in [9.17, 15) is 0 Å². The van der Waals surface area contributed by atoms with Gasteiger partial charge in [-0.25, -0.2) is 0 Å². The first-order valence-corrected chi connectivity index (χ1v) is 4.63. The van der Waals surface area contributed by atoms with E-state index in [1.165, 1.54) is 0 Å². The molecule has 0 aromatic heterocycles. The van der Waals surface area contributed by atoms with Crippen LogP contribution in [0, 0.1) is 0 Å². The monoisotopic (exact) mass is 183 g/mol. The van der Waals surface area contributed by atoms with E-state index in [0.29, 0.717) is 6.04 Å². The van der Waals surface area contributed by atoms with Crippen molar-refractivity contribution in [3.05, 3.63) is 29.3 Å². The molecule has 12 heavy (non-hydrogen) atoms. The second-order valence-electron chi connectivity index (χ2n) is 2.93. The molecule has 0 bridgehead atoms. The van der Waals surface area contributed by atoms with Gasteiger partial charge in [-0.3, -0.25) is 0 Å². The van der Waals surface area contributed by atoms with Crippen LogP contribution in [0.25, 0.3) is 0 Å². The normalized spacial score (nSPS) is 12.6. The Bertz CT molecular complexity index is 247. The van der Waals surface area contributed by atoms with Gasteiger partial charge in [-0.1, -0.05) is 30.7 Å². The van der Waals surface area contributed by atoms with Gasteiger partial charge in [0.1, 0.15) is 0 Å². The summed E-state index contributed by atoms with van der Waals surface area (Å²) >= 11 is 5.96. The van der Waals surface area contributed by atoms with Crippen LogP contribution in [0.5, 0.6) is 0 Å². The molecule has 1 N–H and O–H groups in total. The van der Waals surface area contributed by atoms with Gasteiger partial charge in [0.2, 0.25) is 0 Å². The van der Waals surface area contributed by atoms with Gasteiger partial charge in [0.15, 0.2) is 0 Å². The summed E-state index contributed by atoms with van der Waals surface area (Å²) in [5.41, 5.74) is 1.02. The molecule has 2 heteroatoms. The van der Waals surface area contributed by atoms with E-state index in [1.807, 2.05) is 24.3 Å². The molecule has 0 unspecified atom stereocenters. The Labute approximate surface area is 78.7 Å². The summed E-state index contributed by atoms with van der Waals surface area (Å²) in [4.78, 5) is 0. The van der Waals surface area contributed by atoms with Crippen molar-refractivity contribution in [3.63, 3.8) is 0 Å². The van der Waals surface area contributed by atoms with E-state index in [-0.39, 0.29) is 0 Å². The van der Waals surface area contributed by atoms with Crippen molar-refractivity contribution in [1.82, 2.24) is 0 Å². The molecule has 0 aliphatic rings. The van der Waals surface area contributed by atoms with Crippen molar-refractivity contribution >= 4 is 17.3 Å². The van der Waals surface area contributed by atoms with Gasteiger partial charge in [0.25, 0.3) is 0 Å². The topological polar surface area (TPSA) is 12.0 Å². The Hall–Kier alpha value is -0.690. The highest BCUT2D eigenvalue weighted by Gasteiger charge is 2.01. The third-order valence-corrected chi connectivity index (χ3v) is 2.22. The Kier molecular flexibility index (Phi) is 3.42. The molecule has 1 rings (SSSR count). The molecule has 0 saturated carbocycles. The van der Waals surface area contributed by atoms with Crippen LogP contribution in [-0.4, -0.2) is 6.04 Å². The van der Waals surface area contributed by atoms with Crippen LogP contribution in [0.3, 0.4) is 0 Å². The average molecular weight is 184 g/mol. The smallest absolute Gasteiger partial charge is 0.0637 e. The summed E-state index contributed by atoms with van der Waals surface area (Å²) in [7, 11) is 0. The van der Waals surface area contributed by atoms with Crippen molar-refractivity contribution in [1.29, 1.82) is 0 Å². The zero-order chi connectivity index (χ0) is 8.97. The Balaban J connectivity index is 2.69. The van der Waals surface area contributed by atoms with Crippen molar-refractivity contribution in [2.75, 3.05) is 5.32 Å². The zero-order valence-corrected chi connectivity index (χ0v) is 8.23. The molecule has 66 valence electrons. The number of para-hydroxylation sites is 1. The molecule has 0 spiro atoms. The minimum atomic E-state index is 0.477. The molecule has 0 radical (unpaired) electrons. The molecule has 0 saturated heterocycles. The lowest BCUT2D eigenvalue weighted by Crippen LogP contribution is -2.13. The summed E-state index contributed by atoms with van der Waals surface area (Å²) in [6.45, 7) is 4.29. The van der Waals surface area contributed by atoms with Crippen LogP contribution in [-0.2, 0) is 0 Å². The predicted octanol–water partition coefficient (Wildman–Crippen LogP) is 3.55. The third-order valence-electron chi connectivity index (χ3n) is 1.89. The number of anilines is 1. The molecule has 0 fully saturated rings. The molecule has 1 aromatic rings. The number of hydrogen-bond donors (Lipinski definition) is 1. The van der Waals surface area contributed by atoms with Crippen molar-refractivity contribution in [2.45, 2.75) is 26.3 Å². The Morgan fingerprint density at radius 1 is 1.42 bits per heavy atom. The van der Waals surface area contributed by atoms with Gasteiger partial charge in [0.05, 0.1) is 10.7 Å². The van der Waals surface area contributed by atoms with Gasteiger partial charge in [0, 0.05) is 6.04 Å². The maximum atomic E-state index is 5.96. The average Bonchev–Trinajstić information content (AvgIpc) is 2.09. The van der Waals surface area contributed by atoms with Gasteiger partial charge in [-0.2, -0.15) is 0 Å². The van der Waals surface area contributed by atoms with Gasteiger partial charge in [-0.15, -0.1) is 0 Å². The number of halogens is 1. The Morgan fingerprint density at radius 2 is 2.08 bits per heavy atom. The number of nitrogens with one attached hydrogen (secondary N) is 1. The summed E-state index contributed by atoms with van der Waals surface area (Å²) in [6.07, 6.45) is 1.10. The van der Waals surface area contributed by atoms with Crippen molar-refractivity contribution < 1.29 is 0 Å². The van der Waals surface area contributed by atoms with Crippen LogP contribution < -0.4 is 5.32 Å². The summed E-state index contributed by atoms with van der Waals surface area (Å²) in [5, 5.41) is 4.12. The quantitative estimate of drug-likeness (QED) is 0.756. The second kappa shape index (κ2) is 4.36. The largest absolute Gasteiger partial charge is 0.381 e. The fraction of sp³-hybridized carbons (Fsp3) is 0.400. The summed E-state index contributed by atoms with van der Waals surface area (Å²) in [5.74, 6) is 0. The van der Waals surface area contributed by atoms with Crippen LogP contribution in [0.1, 0.15) is 20.3 Å². The van der Waals surface area contributed by atoms with E-state index in [4.69, 9.17) is 11.6 Å². The van der Waals surface area contributed by atoms with Crippen LogP contribution in [0.15, 0.2) is 24.3 Å². The predicted molar refractivity (Wildman–Crippen MR) is 54.8 cm³/mol. The molecular formula is C10H14ClN. The standard InChI is InChI=1S/C10H14ClN/c1-3-8(2)12-10-7-5-4-6-9(10)11/h4-8,12H,3H2,1-2H3/t8-/m1/s1. The molecule has 1 aromatic carbocycles. The second-order valence-corrected chi connectivity index (χ2v) is 3.34. The van der Waals surface area contributed by atoms with Crippen LogP contribution in [0.2, 0.25) is 5.02 Å². The molecule has 0 aliphatic heterocycles. The first-order chi connectivity index (χ1) is 5.74. The highest BCUT2D eigenvalue weighted by molar-refractivity contribution is 6.33. The SMILES string of the molecule is CC[C@@H](C)Nc1ccccc1Cl. The highest BCUT2D eigenvalue weighted by atomic mass is 35.5. The number of rotatable bonds is 3. The molecule has 1 atom stereocenters. The lowest BCUT2D eigenvalue weighted by atomic mass is 10.2. The van der Waals surface area contributed by atoms with E-state index < -0.39 is 0 Å². The first kappa shape index (κ1) is 9.40. The molecule has 0 aliphatic carbocycles. The lowest BCUT2D eigenvalue weighted by Gasteiger charge is -2.13. The van der Waals surface area contributed by atoms with Crippen molar-refractivity contribution in [2.24, 2.45) is 0 Å². The summed E-state index contributed by atoms with van der Waals surface area (Å²) in [6, 6.07) is 8.28.